The monoisotopic (exact) mass is 253 g/mol. The average Bonchev–Trinajstić information content (AvgIpc) is 2.80. The Morgan fingerprint density at radius 1 is 1.12 bits per heavy atom. The highest BCUT2D eigenvalue weighted by Gasteiger charge is 2.17. The number of rotatable bonds is 4. The van der Waals surface area contributed by atoms with Gasteiger partial charge in [0.1, 0.15) is 4.90 Å². The van der Waals surface area contributed by atoms with Crippen molar-refractivity contribution in [3.63, 3.8) is 0 Å². The van der Waals surface area contributed by atoms with Crippen LogP contribution in [-0.2, 0) is 16.6 Å². The summed E-state index contributed by atoms with van der Waals surface area (Å²) in [5.74, 6) is 0. The second kappa shape index (κ2) is 4.56. The standard InChI is InChI=1S/C10H11N3O3S/c14-10-9(4-2-6-12-10)17(15,16)13-7-8-3-1-5-11-8/h1-6,11,13H,7H2,(H,12,14). The van der Waals surface area contributed by atoms with Crippen LogP contribution in [0.5, 0.6) is 0 Å². The predicted molar refractivity (Wildman–Crippen MR) is 61.9 cm³/mol. The third-order valence-electron chi connectivity index (χ3n) is 2.19. The molecule has 0 aliphatic heterocycles. The van der Waals surface area contributed by atoms with E-state index in [2.05, 4.69) is 14.7 Å². The molecule has 90 valence electrons. The minimum absolute atomic E-state index is 0.115. The summed E-state index contributed by atoms with van der Waals surface area (Å²) in [4.78, 5) is 16.2. The van der Waals surface area contributed by atoms with Crippen molar-refractivity contribution in [2.75, 3.05) is 0 Å². The van der Waals surface area contributed by atoms with Crippen molar-refractivity contribution in [2.24, 2.45) is 0 Å². The molecule has 0 fully saturated rings. The Balaban J connectivity index is 2.20. The summed E-state index contributed by atoms with van der Waals surface area (Å²) < 4.78 is 25.9. The first-order valence-electron chi connectivity index (χ1n) is 4.89. The first kappa shape index (κ1) is 11.6. The van der Waals surface area contributed by atoms with Crippen molar-refractivity contribution in [1.29, 1.82) is 0 Å². The molecule has 2 rings (SSSR count). The zero-order valence-corrected chi connectivity index (χ0v) is 9.62. The molecule has 0 bridgehead atoms. The van der Waals surface area contributed by atoms with Crippen molar-refractivity contribution in [2.45, 2.75) is 11.4 Å². The van der Waals surface area contributed by atoms with Crippen LogP contribution < -0.4 is 10.3 Å². The van der Waals surface area contributed by atoms with E-state index in [1.54, 1.807) is 18.3 Å². The summed E-state index contributed by atoms with van der Waals surface area (Å²) >= 11 is 0. The minimum atomic E-state index is -3.78. The molecule has 0 atom stereocenters. The van der Waals surface area contributed by atoms with Gasteiger partial charge >= 0.3 is 0 Å². The summed E-state index contributed by atoms with van der Waals surface area (Å²) in [6, 6.07) is 6.23. The predicted octanol–water partition coefficient (Wildman–Crippen LogP) is 0.181. The summed E-state index contributed by atoms with van der Waals surface area (Å²) in [6.07, 6.45) is 3.07. The van der Waals surface area contributed by atoms with Crippen molar-refractivity contribution < 1.29 is 8.42 Å². The maximum Gasteiger partial charge on any atom is 0.268 e. The first-order chi connectivity index (χ1) is 8.09. The van der Waals surface area contributed by atoms with E-state index < -0.39 is 15.6 Å². The second-order valence-corrected chi connectivity index (χ2v) is 5.12. The van der Waals surface area contributed by atoms with Gasteiger partial charge < -0.3 is 9.97 Å². The van der Waals surface area contributed by atoms with Gasteiger partial charge in [0.05, 0.1) is 6.54 Å². The third-order valence-corrected chi connectivity index (χ3v) is 3.61. The fourth-order valence-electron chi connectivity index (χ4n) is 1.35. The SMILES string of the molecule is O=c1[nH]cccc1S(=O)(=O)NCc1ccc[nH]1. The van der Waals surface area contributed by atoms with Crippen molar-refractivity contribution in [3.05, 3.63) is 52.7 Å². The van der Waals surface area contributed by atoms with E-state index in [1.807, 2.05) is 0 Å². The van der Waals surface area contributed by atoms with Crippen LogP contribution in [0.25, 0.3) is 0 Å². The molecule has 0 radical (unpaired) electrons. The summed E-state index contributed by atoms with van der Waals surface area (Å²) in [6.45, 7) is 0.115. The molecular weight excluding hydrogens is 242 g/mol. The highest BCUT2D eigenvalue weighted by Crippen LogP contribution is 2.02. The fourth-order valence-corrected chi connectivity index (χ4v) is 2.41. The van der Waals surface area contributed by atoms with E-state index in [-0.39, 0.29) is 11.4 Å². The van der Waals surface area contributed by atoms with E-state index in [0.717, 1.165) is 5.69 Å². The smallest absolute Gasteiger partial charge is 0.268 e. The van der Waals surface area contributed by atoms with Crippen molar-refractivity contribution in [3.8, 4) is 0 Å². The van der Waals surface area contributed by atoms with Crippen LogP contribution in [0.4, 0.5) is 0 Å². The Morgan fingerprint density at radius 2 is 1.82 bits per heavy atom. The zero-order chi connectivity index (χ0) is 12.3. The van der Waals surface area contributed by atoms with Gasteiger partial charge in [0.25, 0.3) is 5.56 Å². The topological polar surface area (TPSA) is 94.8 Å². The van der Waals surface area contributed by atoms with Crippen LogP contribution in [0.3, 0.4) is 0 Å². The van der Waals surface area contributed by atoms with E-state index in [1.165, 1.54) is 18.3 Å². The molecule has 2 heterocycles. The van der Waals surface area contributed by atoms with Crippen LogP contribution in [0, 0.1) is 0 Å². The lowest BCUT2D eigenvalue weighted by Crippen LogP contribution is -2.28. The molecule has 17 heavy (non-hydrogen) atoms. The van der Waals surface area contributed by atoms with Crippen LogP contribution in [-0.4, -0.2) is 18.4 Å². The Hall–Kier alpha value is -1.86. The number of hydrogen-bond acceptors (Lipinski definition) is 3. The lowest BCUT2D eigenvalue weighted by Gasteiger charge is -2.04. The van der Waals surface area contributed by atoms with Crippen molar-refractivity contribution >= 4 is 10.0 Å². The van der Waals surface area contributed by atoms with Gasteiger partial charge in [-0.3, -0.25) is 4.79 Å². The van der Waals surface area contributed by atoms with E-state index in [4.69, 9.17) is 0 Å². The molecule has 0 saturated heterocycles. The number of pyridine rings is 1. The van der Waals surface area contributed by atoms with Crippen molar-refractivity contribution in [1.82, 2.24) is 14.7 Å². The number of nitrogens with one attached hydrogen (secondary N) is 3. The molecule has 0 aliphatic carbocycles. The highest BCUT2D eigenvalue weighted by atomic mass is 32.2. The number of hydrogen-bond donors (Lipinski definition) is 3. The van der Waals surface area contributed by atoms with Gasteiger partial charge in [-0.2, -0.15) is 0 Å². The number of aromatic amines is 2. The zero-order valence-electron chi connectivity index (χ0n) is 8.80. The fraction of sp³-hybridized carbons (Fsp3) is 0.100. The first-order valence-corrected chi connectivity index (χ1v) is 6.37. The molecule has 3 N–H and O–H groups in total. The molecule has 2 aromatic rings. The Bertz CT molecular complexity index is 643. The van der Waals surface area contributed by atoms with Crippen LogP contribution in [0.15, 0.2) is 46.3 Å². The van der Waals surface area contributed by atoms with E-state index in [9.17, 15) is 13.2 Å². The Labute approximate surface area is 97.8 Å². The summed E-state index contributed by atoms with van der Waals surface area (Å²) in [7, 11) is -3.78. The van der Waals surface area contributed by atoms with Gasteiger partial charge in [-0.25, -0.2) is 13.1 Å². The van der Waals surface area contributed by atoms with Gasteiger partial charge in [0.2, 0.25) is 10.0 Å². The normalized spacial score (nSPS) is 11.5. The van der Waals surface area contributed by atoms with Gasteiger partial charge in [0.15, 0.2) is 0 Å². The third kappa shape index (κ3) is 2.63. The lowest BCUT2D eigenvalue weighted by molar-refractivity contribution is 0.579. The quantitative estimate of drug-likeness (QED) is 0.725. The van der Waals surface area contributed by atoms with Gasteiger partial charge in [0, 0.05) is 18.1 Å². The summed E-state index contributed by atoms with van der Waals surface area (Å²) in [5, 5.41) is 0. The Kier molecular flexibility index (Phi) is 3.12. The number of aromatic nitrogens is 2. The maximum absolute atomic E-state index is 11.8. The van der Waals surface area contributed by atoms with Gasteiger partial charge in [-0.15, -0.1) is 0 Å². The maximum atomic E-state index is 11.8. The molecule has 0 unspecified atom stereocenters. The van der Waals surface area contributed by atoms with Crippen LogP contribution in [0.2, 0.25) is 0 Å². The second-order valence-electron chi connectivity index (χ2n) is 3.38. The molecule has 0 spiro atoms. The lowest BCUT2D eigenvalue weighted by atomic mass is 10.4. The van der Waals surface area contributed by atoms with Crippen LogP contribution >= 0.6 is 0 Å². The van der Waals surface area contributed by atoms with Gasteiger partial charge in [-0.05, 0) is 24.3 Å². The number of sulfonamides is 1. The van der Waals surface area contributed by atoms with Gasteiger partial charge in [-0.1, -0.05) is 0 Å². The molecule has 0 saturated carbocycles. The molecular formula is C10H11N3O3S. The number of H-pyrrole nitrogens is 2. The molecule has 7 heteroatoms. The highest BCUT2D eigenvalue weighted by molar-refractivity contribution is 7.89. The molecule has 2 aromatic heterocycles. The average molecular weight is 253 g/mol. The molecule has 0 aromatic carbocycles. The van der Waals surface area contributed by atoms with E-state index >= 15 is 0 Å². The molecule has 6 nitrogen and oxygen atoms in total. The summed E-state index contributed by atoms with van der Waals surface area (Å²) in [5.41, 5.74) is 0.0902. The van der Waals surface area contributed by atoms with Crippen LogP contribution in [0.1, 0.15) is 5.69 Å². The largest absolute Gasteiger partial charge is 0.364 e. The minimum Gasteiger partial charge on any atom is -0.364 e. The molecule has 0 aliphatic rings. The van der Waals surface area contributed by atoms with E-state index in [0.29, 0.717) is 0 Å². The molecule has 0 amide bonds. The Morgan fingerprint density at radius 3 is 2.47 bits per heavy atom.